The summed E-state index contributed by atoms with van der Waals surface area (Å²) in [6.45, 7) is 1.02. The summed E-state index contributed by atoms with van der Waals surface area (Å²) >= 11 is 5.51. The van der Waals surface area contributed by atoms with Gasteiger partial charge in [0.15, 0.2) is 0 Å². The second-order valence-electron chi connectivity index (χ2n) is 7.85. The molecule has 0 spiro atoms. The summed E-state index contributed by atoms with van der Waals surface area (Å²) in [7, 11) is 4.67. The number of thioether (sulfide) groups is 1. The standard InChI is InChI=1S/C23H27BrN2OS.ClH/c1-26(2,22-12-14-28-15-13-22)17-19-6-9-21(10-7-19)25-23(27)11-8-18-4-3-5-20(24)16-18;/h3-11,16,22H,12-15,17H2,1-2H3;1H/b11-8+;. The third-order valence-electron chi connectivity index (χ3n) is 5.27. The van der Waals surface area contributed by atoms with Crippen LogP contribution in [0.4, 0.5) is 5.69 Å². The van der Waals surface area contributed by atoms with Crippen molar-refractivity contribution in [2.75, 3.05) is 30.9 Å². The number of hydrogen-bond acceptors (Lipinski definition) is 2. The lowest BCUT2D eigenvalue weighted by Crippen LogP contribution is -3.00. The lowest BCUT2D eigenvalue weighted by atomic mass is 10.1. The molecule has 1 saturated heterocycles. The van der Waals surface area contributed by atoms with Gasteiger partial charge in [-0.05, 0) is 47.4 Å². The molecule has 1 N–H and O–H groups in total. The van der Waals surface area contributed by atoms with Gasteiger partial charge in [-0.2, -0.15) is 11.8 Å². The Morgan fingerprint density at radius 2 is 1.86 bits per heavy atom. The molecule has 2 aromatic carbocycles. The first-order chi connectivity index (χ1) is 13.4. The molecule has 0 aromatic heterocycles. The number of halogens is 2. The zero-order valence-electron chi connectivity index (χ0n) is 16.9. The molecule has 0 radical (unpaired) electrons. The number of carbonyl (C=O) groups excluding carboxylic acids is 1. The van der Waals surface area contributed by atoms with Crippen molar-refractivity contribution in [1.82, 2.24) is 0 Å². The number of quaternary nitrogens is 1. The van der Waals surface area contributed by atoms with Gasteiger partial charge >= 0.3 is 0 Å². The van der Waals surface area contributed by atoms with Crippen molar-refractivity contribution < 1.29 is 21.7 Å². The first-order valence-corrected chi connectivity index (χ1v) is 11.6. The number of amides is 1. The predicted molar refractivity (Wildman–Crippen MR) is 124 cm³/mol. The maximum absolute atomic E-state index is 12.2. The average Bonchev–Trinajstić information content (AvgIpc) is 2.68. The molecule has 0 saturated carbocycles. The Morgan fingerprint density at radius 3 is 2.52 bits per heavy atom. The van der Waals surface area contributed by atoms with Crippen molar-refractivity contribution in [2.45, 2.75) is 25.4 Å². The highest BCUT2D eigenvalue weighted by atomic mass is 79.9. The molecule has 1 aliphatic rings. The largest absolute Gasteiger partial charge is 1.00 e. The van der Waals surface area contributed by atoms with Crippen LogP contribution in [0.15, 0.2) is 59.1 Å². The number of hydrogen-bond donors (Lipinski definition) is 1. The lowest BCUT2D eigenvalue weighted by Gasteiger charge is -2.40. The molecular weight excluding hydrogens is 468 g/mol. The van der Waals surface area contributed by atoms with Crippen LogP contribution >= 0.6 is 27.7 Å². The minimum Gasteiger partial charge on any atom is -1.00 e. The molecule has 0 bridgehead atoms. The summed E-state index contributed by atoms with van der Waals surface area (Å²) in [5.74, 6) is 2.44. The number of nitrogens with zero attached hydrogens (tertiary/aromatic N) is 1. The van der Waals surface area contributed by atoms with Crippen LogP contribution in [-0.4, -0.2) is 42.0 Å². The van der Waals surface area contributed by atoms with E-state index in [1.54, 1.807) is 6.08 Å². The maximum Gasteiger partial charge on any atom is 0.248 e. The van der Waals surface area contributed by atoms with E-state index in [1.807, 2.05) is 42.5 Å². The Bertz CT molecular complexity index is 833. The zero-order chi connectivity index (χ0) is 20.0. The molecule has 3 rings (SSSR count). The van der Waals surface area contributed by atoms with Crippen molar-refractivity contribution in [1.29, 1.82) is 0 Å². The third kappa shape index (κ3) is 7.49. The van der Waals surface area contributed by atoms with E-state index >= 15 is 0 Å². The Morgan fingerprint density at radius 1 is 1.17 bits per heavy atom. The molecular formula is C23H28BrClN2OS. The van der Waals surface area contributed by atoms with Crippen molar-refractivity contribution in [3.05, 3.63) is 70.2 Å². The monoisotopic (exact) mass is 494 g/mol. The van der Waals surface area contributed by atoms with Crippen LogP contribution in [0.3, 0.4) is 0 Å². The minimum absolute atomic E-state index is 0. The molecule has 2 aromatic rings. The van der Waals surface area contributed by atoms with Gasteiger partial charge < -0.3 is 22.2 Å². The number of rotatable bonds is 6. The van der Waals surface area contributed by atoms with Crippen LogP contribution in [0.1, 0.15) is 24.0 Å². The third-order valence-corrected chi connectivity index (χ3v) is 6.81. The number of carbonyl (C=O) groups is 1. The summed E-state index contributed by atoms with van der Waals surface area (Å²) in [5, 5.41) is 2.93. The molecule has 1 aliphatic heterocycles. The predicted octanol–water partition coefficient (Wildman–Crippen LogP) is 2.58. The van der Waals surface area contributed by atoms with Crippen LogP contribution in [-0.2, 0) is 11.3 Å². The molecule has 156 valence electrons. The molecule has 6 heteroatoms. The lowest BCUT2D eigenvalue weighted by molar-refractivity contribution is -0.928. The van der Waals surface area contributed by atoms with Gasteiger partial charge in [-0.15, -0.1) is 0 Å². The second-order valence-corrected chi connectivity index (χ2v) is 10.00. The van der Waals surface area contributed by atoms with E-state index in [1.165, 1.54) is 29.9 Å². The van der Waals surface area contributed by atoms with E-state index in [9.17, 15) is 4.79 Å². The summed E-state index contributed by atoms with van der Waals surface area (Å²) in [5.41, 5.74) is 3.12. The fourth-order valence-corrected chi connectivity index (χ4v) is 5.14. The summed E-state index contributed by atoms with van der Waals surface area (Å²) in [6, 6.07) is 16.9. The van der Waals surface area contributed by atoms with E-state index in [0.29, 0.717) is 0 Å². The highest BCUT2D eigenvalue weighted by Gasteiger charge is 2.29. The Labute approximate surface area is 193 Å². The van der Waals surface area contributed by atoms with E-state index in [4.69, 9.17) is 0 Å². The summed E-state index contributed by atoms with van der Waals surface area (Å²) in [6.07, 6.45) is 5.99. The van der Waals surface area contributed by atoms with Crippen LogP contribution < -0.4 is 17.7 Å². The first kappa shape index (κ1) is 24.0. The van der Waals surface area contributed by atoms with Gasteiger partial charge in [-0.3, -0.25) is 4.79 Å². The number of benzene rings is 2. The van der Waals surface area contributed by atoms with Crippen LogP contribution in [0.25, 0.3) is 6.08 Å². The van der Waals surface area contributed by atoms with E-state index in [2.05, 4.69) is 59.2 Å². The molecule has 3 nitrogen and oxygen atoms in total. The molecule has 29 heavy (non-hydrogen) atoms. The molecule has 1 fully saturated rings. The topological polar surface area (TPSA) is 29.1 Å². The molecule has 0 atom stereocenters. The van der Waals surface area contributed by atoms with Crippen molar-refractivity contribution in [3.8, 4) is 0 Å². The van der Waals surface area contributed by atoms with Crippen molar-refractivity contribution >= 4 is 45.4 Å². The minimum atomic E-state index is -0.122. The van der Waals surface area contributed by atoms with Crippen molar-refractivity contribution in [3.63, 3.8) is 0 Å². The number of nitrogens with one attached hydrogen (secondary N) is 1. The Hall–Kier alpha value is -1.27. The van der Waals surface area contributed by atoms with Crippen LogP contribution in [0.5, 0.6) is 0 Å². The maximum atomic E-state index is 12.2. The highest BCUT2D eigenvalue weighted by molar-refractivity contribution is 9.10. The second kappa shape index (κ2) is 11.2. The van der Waals surface area contributed by atoms with Gasteiger partial charge in [0.1, 0.15) is 6.54 Å². The molecule has 1 heterocycles. The van der Waals surface area contributed by atoms with E-state index in [-0.39, 0.29) is 18.3 Å². The van der Waals surface area contributed by atoms with Gasteiger partial charge in [0.25, 0.3) is 0 Å². The zero-order valence-corrected chi connectivity index (χ0v) is 20.1. The summed E-state index contributed by atoms with van der Waals surface area (Å²) in [4.78, 5) is 12.2. The number of anilines is 1. The van der Waals surface area contributed by atoms with Crippen LogP contribution in [0, 0.1) is 0 Å². The van der Waals surface area contributed by atoms with Gasteiger partial charge in [-0.25, -0.2) is 0 Å². The fourth-order valence-electron chi connectivity index (χ4n) is 3.64. The van der Waals surface area contributed by atoms with E-state index in [0.717, 1.165) is 32.8 Å². The highest BCUT2D eigenvalue weighted by Crippen LogP contribution is 2.27. The van der Waals surface area contributed by atoms with E-state index < -0.39 is 0 Å². The average molecular weight is 496 g/mol. The van der Waals surface area contributed by atoms with Crippen LogP contribution in [0.2, 0.25) is 0 Å². The quantitative estimate of drug-likeness (QED) is 0.493. The molecule has 1 amide bonds. The van der Waals surface area contributed by atoms with Gasteiger partial charge in [-0.1, -0.05) is 40.2 Å². The molecule has 0 unspecified atom stereocenters. The smallest absolute Gasteiger partial charge is 0.248 e. The normalized spacial score (nSPS) is 15.1. The first-order valence-electron chi connectivity index (χ1n) is 9.66. The summed E-state index contributed by atoms with van der Waals surface area (Å²) < 4.78 is 2.03. The fraction of sp³-hybridized carbons (Fsp3) is 0.348. The Kier molecular flexibility index (Phi) is 9.28. The van der Waals surface area contributed by atoms with Crippen molar-refractivity contribution in [2.24, 2.45) is 0 Å². The SMILES string of the molecule is C[N+](C)(Cc1ccc(NC(=O)/C=C/c2cccc(Br)c2)cc1)C1CCSCC1.[Cl-]. The van der Waals surface area contributed by atoms with Gasteiger partial charge in [0, 0.05) is 34.6 Å². The van der Waals surface area contributed by atoms with Gasteiger partial charge in [0.2, 0.25) is 5.91 Å². The Balaban J connectivity index is 0.00000300. The van der Waals surface area contributed by atoms with Gasteiger partial charge in [0.05, 0.1) is 20.1 Å². The molecule has 0 aliphatic carbocycles.